The van der Waals surface area contributed by atoms with Gasteiger partial charge < -0.3 is 9.80 Å². The van der Waals surface area contributed by atoms with Gasteiger partial charge in [0.2, 0.25) is 0 Å². The summed E-state index contributed by atoms with van der Waals surface area (Å²) in [5.74, 6) is -0.453. The number of unbranched alkanes of at least 4 members (excludes halogenated alkanes) is 2. The molecule has 0 radical (unpaired) electrons. The van der Waals surface area contributed by atoms with E-state index in [-0.39, 0.29) is 11.8 Å². The van der Waals surface area contributed by atoms with E-state index in [0.29, 0.717) is 33.4 Å². The van der Waals surface area contributed by atoms with Crippen LogP contribution in [0.15, 0.2) is 23.9 Å². The van der Waals surface area contributed by atoms with Crippen LogP contribution in [0.5, 0.6) is 0 Å². The molecule has 0 saturated carbocycles. The van der Waals surface area contributed by atoms with Crippen molar-refractivity contribution in [2.75, 3.05) is 39.3 Å². The van der Waals surface area contributed by atoms with Crippen LogP contribution in [0.1, 0.15) is 38.7 Å². The summed E-state index contributed by atoms with van der Waals surface area (Å²) in [5.41, 5.74) is 1.48. The average molecular weight is 424 g/mol. The van der Waals surface area contributed by atoms with Crippen molar-refractivity contribution in [1.82, 2.24) is 14.7 Å². The Kier molecular flexibility index (Phi) is 7.02. The average Bonchev–Trinajstić information content (AvgIpc) is 2.93. The number of nitrogens with zero attached hydrogens (tertiary/aromatic N) is 3. The van der Waals surface area contributed by atoms with Gasteiger partial charge in [0, 0.05) is 43.3 Å². The fraction of sp³-hybridized carbons (Fsp3) is 0.524. The normalized spacial score (nSPS) is 18.6. The molecule has 3 rings (SSSR count). The van der Waals surface area contributed by atoms with Crippen molar-refractivity contribution in [2.45, 2.75) is 33.1 Å². The van der Waals surface area contributed by atoms with Crippen molar-refractivity contribution >= 4 is 40.6 Å². The zero-order valence-corrected chi connectivity index (χ0v) is 18.0. The standard InChI is InChI=1S/C21H27Cl2N3O2/c1-3-5-6-9-26-20(27)18(16-8-7-15(22)14-17(16)23)19(21(26)28)25-12-10-24(4-2)11-13-25/h7-8,14H,3-6,9-13H2,1-2H3. The molecule has 0 aliphatic carbocycles. The highest BCUT2D eigenvalue weighted by Gasteiger charge is 2.42. The van der Waals surface area contributed by atoms with Crippen molar-refractivity contribution in [3.63, 3.8) is 0 Å². The number of halogens is 2. The monoisotopic (exact) mass is 423 g/mol. The molecule has 2 amide bonds. The van der Waals surface area contributed by atoms with E-state index in [2.05, 4.69) is 18.7 Å². The summed E-state index contributed by atoms with van der Waals surface area (Å²) in [6.07, 6.45) is 2.83. The van der Waals surface area contributed by atoms with Crippen LogP contribution in [0, 0.1) is 0 Å². The number of piperazine rings is 1. The second kappa shape index (κ2) is 9.29. The third kappa shape index (κ3) is 4.22. The quantitative estimate of drug-likeness (QED) is 0.492. The van der Waals surface area contributed by atoms with Crippen molar-refractivity contribution in [2.24, 2.45) is 0 Å². The number of imide groups is 1. The number of amides is 2. The molecule has 1 fully saturated rings. The lowest BCUT2D eigenvalue weighted by atomic mass is 10.0. The molecule has 0 unspecified atom stereocenters. The Labute approximate surface area is 176 Å². The van der Waals surface area contributed by atoms with Crippen molar-refractivity contribution < 1.29 is 9.59 Å². The first-order chi connectivity index (χ1) is 13.5. The number of benzene rings is 1. The zero-order valence-electron chi connectivity index (χ0n) is 16.5. The summed E-state index contributed by atoms with van der Waals surface area (Å²) < 4.78 is 0. The molecule has 152 valence electrons. The molecule has 0 aromatic heterocycles. The van der Waals surface area contributed by atoms with Crippen LogP contribution in [0.2, 0.25) is 10.0 Å². The second-order valence-corrected chi connectivity index (χ2v) is 8.08. The molecule has 7 heteroatoms. The second-order valence-electron chi connectivity index (χ2n) is 7.24. The van der Waals surface area contributed by atoms with Gasteiger partial charge in [-0.25, -0.2) is 0 Å². The lowest BCUT2D eigenvalue weighted by Gasteiger charge is -2.36. The van der Waals surface area contributed by atoms with Gasteiger partial charge in [-0.3, -0.25) is 14.5 Å². The molecule has 1 aromatic carbocycles. The van der Waals surface area contributed by atoms with Gasteiger partial charge in [-0.2, -0.15) is 0 Å². The third-order valence-corrected chi connectivity index (χ3v) is 6.01. The fourth-order valence-corrected chi connectivity index (χ4v) is 4.31. The summed E-state index contributed by atoms with van der Waals surface area (Å²) in [5, 5.41) is 0.896. The highest BCUT2D eigenvalue weighted by molar-refractivity contribution is 6.41. The van der Waals surface area contributed by atoms with Crippen LogP contribution in [-0.4, -0.2) is 65.8 Å². The molecular formula is C21H27Cl2N3O2. The van der Waals surface area contributed by atoms with Crippen molar-refractivity contribution in [1.29, 1.82) is 0 Å². The summed E-state index contributed by atoms with van der Waals surface area (Å²) in [4.78, 5) is 32.3. The van der Waals surface area contributed by atoms with Crippen LogP contribution in [0.4, 0.5) is 0 Å². The van der Waals surface area contributed by atoms with Gasteiger partial charge in [0.25, 0.3) is 11.8 Å². The minimum absolute atomic E-state index is 0.202. The molecule has 2 heterocycles. The van der Waals surface area contributed by atoms with Crippen LogP contribution < -0.4 is 0 Å². The van der Waals surface area contributed by atoms with Crippen molar-refractivity contribution in [3.8, 4) is 0 Å². The van der Waals surface area contributed by atoms with Gasteiger partial charge in [-0.05, 0) is 25.1 Å². The SMILES string of the molecule is CCCCCN1C(=O)C(c2ccc(Cl)cc2Cl)=C(N2CCN(CC)CC2)C1=O. The van der Waals surface area contributed by atoms with E-state index in [0.717, 1.165) is 52.0 Å². The van der Waals surface area contributed by atoms with Gasteiger partial charge in [0.1, 0.15) is 5.70 Å². The smallest absolute Gasteiger partial charge is 0.277 e. The number of hydrogen-bond donors (Lipinski definition) is 0. The van der Waals surface area contributed by atoms with Gasteiger partial charge in [0.15, 0.2) is 0 Å². The Morgan fingerprint density at radius 3 is 2.29 bits per heavy atom. The van der Waals surface area contributed by atoms with Crippen molar-refractivity contribution in [3.05, 3.63) is 39.5 Å². The maximum absolute atomic E-state index is 13.2. The Morgan fingerprint density at radius 1 is 0.964 bits per heavy atom. The van der Waals surface area contributed by atoms with Gasteiger partial charge in [-0.1, -0.05) is 56.0 Å². The van der Waals surface area contributed by atoms with E-state index in [1.54, 1.807) is 18.2 Å². The van der Waals surface area contributed by atoms with E-state index in [1.807, 2.05) is 4.90 Å². The Bertz CT molecular complexity index is 786. The largest absolute Gasteiger partial charge is 0.364 e. The molecule has 1 saturated heterocycles. The lowest BCUT2D eigenvalue weighted by molar-refractivity contribution is -0.137. The number of rotatable bonds is 7. The van der Waals surface area contributed by atoms with Crippen LogP contribution >= 0.6 is 23.2 Å². The maximum Gasteiger partial charge on any atom is 0.277 e. The zero-order chi connectivity index (χ0) is 20.3. The summed E-state index contributed by atoms with van der Waals surface area (Å²) >= 11 is 12.5. The van der Waals surface area contributed by atoms with E-state index >= 15 is 0 Å². The molecule has 0 atom stereocenters. The van der Waals surface area contributed by atoms with E-state index in [1.165, 1.54) is 4.90 Å². The number of likely N-dealkylation sites (N-methyl/N-ethyl adjacent to an activating group) is 1. The molecule has 2 aliphatic heterocycles. The predicted octanol–water partition coefficient (Wildman–Crippen LogP) is 3.90. The van der Waals surface area contributed by atoms with Gasteiger partial charge >= 0.3 is 0 Å². The molecule has 0 N–H and O–H groups in total. The molecule has 1 aromatic rings. The molecule has 5 nitrogen and oxygen atoms in total. The molecule has 0 bridgehead atoms. The molecule has 28 heavy (non-hydrogen) atoms. The summed E-state index contributed by atoms with van der Waals surface area (Å²) in [6.45, 7) is 8.85. The van der Waals surface area contributed by atoms with Crippen LogP contribution in [0.25, 0.3) is 5.57 Å². The highest BCUT2D eigenvalue weighted by atomic mass is 35.5. The topological polar surface area (TPSA) is 43.9 Å². The Morgan fingerprint density at radius 2 is 1.68 bits per heavy atom. The van der Waals surface area contributed by atoms with E-state index in [4.69, 9.17) is 23.2 Å². The summed E-state index contributed by atoms with van der Waals surface area (Å²) in [6, 6.07) is 5.07. The summed E-state index contributed by atoms with van der Waals surface area (Å²) in [7, 11) is 0. The fourth-order valence-electron chi connectivity index (χ4n) is 3.80. The van der Waals surface area contributed by atoms with E-state index < -0.39 is 0 Å². The predicted molar refractivity (Wildman–Crippen MR) is 113 cm³/mol. The first kappa shape index (κ1) is 21.2. The lowest BCUT2D eigenvalue weighted by Crippen LogP contribution is -2.47. The first-order valence-electron chi connectivity index (χ1n) is 10.0. The number of carbonyl (C=O) groups excluding carboxylic acids is 2. The highest BCUT2D eigenvalue weighted by Crippen LogP contribution is 2.36. The van der Waals surface area contributed by atoms with E-state index in [9.17, 15) is 9.59 Å². The van der Waals surface area contributed by atoms with Gasteiger partial charge in [-0.15, -0.1) is 0 Å². The molecule has 0 spiro atoms. The first-order valence-corrected chi connectivity index (χ1v) is 10.8. The van der Waals surface area contributed by atoms with Gasteiger partial charge in [0.05, 0.1) is 10.6 Å². The molecule has 2 aliphatic rings. The van der Waals surface area contributed by atoms with Crippen LogP contribution in [-0.2, 0) is 9.59 Å². The minimum Gasteiger partial charge on any atom is -0.364 e. The van der Waals surface area contributed by atoms with Crippen LogP contribution in [0.3, 0.4) is 0 Å². The Balaban J connectivity index is 1.98. The Hall–Kier alpha value is -1.56. The number of carbonyl (C=O) groups is 2. The third-order valence-electron chi connectivity index (χ3n) is 5.47. The molecular weight excluding hydrogens is 397 g/mol. The minimum atomic E-state index is -0.252. The number of hydrogen-bond acceptors (Lipinski definition) is 4. The maximum atomic E-state index is 13.2.